The molecule has 2 N–H and O–H groups in total. The van der Waals surface area contributed by atoms with Crippen molar-refractivity contribution < 1.29 is 9.59 Å². The quantitative estimate of drug-likeness (QED) is 0.404. The first-order chi connectivity index (χ1) is 15.7. The molecule has 3 aromatic heterocycles. The highest BCUT2D eigenvalue weighted by molar-refractivity contribution is 7.08. The van der Waals surface area contributed by atoms with Crippen molar-refractivity contribution in [3.63, 3.8) is 0 Å². The summed E-state index contributed by atoms with van der Waals surface area (Å²) in [5.74, 6) is 0.0963. The van der Waals surface area contributed by atoms with Gasteiger partial charge in [0.1, 0.15) is 12.1 Å². The van der Waals surface area contributed by atoms with Gasteiger partial charge in [-0.1, -0.05) is 24.3 Å². The van der Waals surface area contributed by atoms with E-state index in [1.807, 2.05) is 40.3 Å². The molecule has 0 aliphatic carbocycles. The predicted molar refractivity (Wildman–Crippen MR) is 126 cm³/mol. The zero-order chi connectivity index (χ0) is 21.9. The molecule has 156 valence electrons. The van der Waals surface area contributed by atoms with Crippen LogP contribution < -0.4 is 10.6 Å². The Morgan fingerprint density at radius 2 is 1.69 bits per heavy atom. The van der Waals surface area contributed by atoms with Crippen LogP contribution in [0.2, 0.25) is 0 Å². The van der Waals surface area contributed by atoms with Crippen LogP contribution in [0, 0.1) is 0 Å². The van der Waals surface area contributed by atoms with E-state index in [1.54, 1.807) is 54.3 Å². The lowest BCUT2D eigenvalue weighted by molar-refractivity contribution is 0.102. The normalized spacial score (nSPS) is 10.8. The SMILES string of the molecule is O=C(Nc1ccccc1C(=O)Nc1ccc(-n2cnc3ccccc32)nc1)c1ccsc1. The minimum absolute atomic E-state index is 0.259. The number of nitrogens with zero attached hydrogens (tertiary/aromatic N) is 3. The number of pyridine rings is 1. The second-order valence-corrected chi connectivity index (χ2v) is 7.75. The molecule has 5 aromatic rings. The fourth-order valence-electron chi connectivity index (χ4n) is 3.32. The van der Waals surface area contributed by atoms with Gasteiger partial charge in [-0.3, -0.25) is 14.2 Å². The number of amides is 2. The largest absolute Gasteiger partial charge is 0.321 e. The Bertz CT molecular complexity index is 1410. The van der Waals surface area contributed by atoms with E-state index in [4.69, 9.17) is 0 Å². The van der Waals surface area contributed by atoms with Crippen LogP contribution in [0.5, 0.6) is 0 Å². The third-order valence-corrected chi connectivity index (χ3v) is 5.59. The number of carbonyl (C=O) groups excluding carboxylic acids is 2. The molecule has 0 atom stereocenters. The monoisotopic (exact) mass is 439 g/mol. The fourth-order valence-corrected chi connectivity index (χ4v) is 3.96. The lowest BCUT2D eigenvalue weighted by atomic mass is 10.1. The third-order valence-electron chi connectivity index (χ3n) is 4.91. The number of nitrogens with one attached hydrogen (secondary N) is 2. The van der Waals surface area contributed by atoms with Crippen molar-refractivity contribution in [1.29, 1.82) is 0 Å². The van der Waals surface area contributed by atoms with Gasteiger partial charge in [0.15, 0.2) is 0 Å². The molecule has 0 aliphatic heterocycles. The summed E-state index contributed by atoms with van der Waals surface area (Å²) in [5.41, 5.74) is 3.73. The molecule has 32 heavy (non-hydrogen) atoms. The molecule has 0 saturated heterocycles. The first-order valence-electron chi connectivity index (χ1n) is 9.81. The minimum Gasteiger partial charge on any atom is -0.321 e. The van der Waals surface area contributed by atoms with E-state index < -0.39 is 0 Å². The maximum absolute atomic E-state index is 12.9. The molecular weight excluding hydrogens is 422 g/mol. The highest BCUT2D eigenvalue weighted by Crippen LogP contribution is 2.21. The van der Waals surface area contributed by atoms with Gasteiger partial charge in [0.05, 0.1) is 39.7 Å². The lowest BCUT2D eigenvalue weighted by Crippen LogP contribution is -2.18. The number of hydrogen-bond donors (Lipinski definition) is 2. The Balaban J connectivity index is 1.34. The molecule has 3 heterocycles. The van der Waals surface area contributed by atoms with Crippen LogP contribution in [0.25, 0.3) is 16.9 Å². The molecule has 0 spiro atoms. The number of rotatable bonds is 5. The third kappa shape index (κ3) is 3.86. The van der Waals surface area contributed by atoms with Crippen molar-refractivity contribution in [3.05, 3.63) is 101 Å². The zero-order valence-corrected chi connectivity index (χ0v) is 17.5. The summed E-state index contributed by atoms with van der Waals surface area (Å²) < 4.78 is 1.89. The molecule has 2 amide bonds. The molecule has 0 aliphatic rings. The molecule has 8 heteroatoms. The molecule has 0 saturated carbocycles. The Morgan fingerprint density at radius 3 is 2.50 bits per heavy atom. The van der Waals surface area contributed by atoms with Crippen molar-refractivity contribution in [1.82, 2.24) is 14.5 Å². The Hall–Kier alpha value is -4.30. The van der Waals surface area contributed by atoms with E-state index in [2.05, 4.69) is 20.6 Å². The van der Waals surface area contributed by atoms with E-state index in [-0.39, 0.29) is 11.8 Å². The van der Waals surface area contributed by atoms with Crippen LogP contribution >= 0.6 is 11.3 Å². The van der Waals surface area contributed by atoms with Gasteiger partial charge in [0.25, 0.3) is 11.8 Å². The lowest BCUT2D eigenvalue weighted by Gasteiger charge is -2.11. The Morgan fingerprint density at radius 1 is 0.844 bits per heavy atom. The molecule has 0 bridgehead atoms. The second-order valence-electron chi connectivity index (χ2n) is 6.97. The van der Waals surface area contributed by atoms with E-state index in [1.165, 1.54) is 11.3 Å². The summed E-state index contributed by atoms with van der Waals surface area (Å²) in [6, 6.07) is 20.0. The molecule has 7 nitrogen and oxygen atoms in total. The van der Waals surface area contributed by atoms with E-state index in [0.29, 0.717) is 28.3 Å². The molecular formula is C24H17N5O2S. The summed E-state index contributed by atoms with van der Waals surface area (Å²) in [4.78, 5) is 34.1. The maximum Gasteiger partial charge on any atom is 0.257 e. The molecule has 2 aromatic carbocycles. The Kier molecular flexibility index (Phi) is 5.19. The van der Waals surface area contributed by atoms with Gasteiger partial charge in [-0.25, -0.2) is 9.97 Å². The summed E-state index contributed by atoms with van der Waals surface area (Å²) >= 11 is 1.44. The van der Waals surface area contributed by atoms with Gasteiger partial charge < -0.3 is 10.6 Å². The highest BCUT2D eigenvalue weighted by Gasteiger charge is 2.15. The maximum atomic E-state index is 12.9. The van der Waals surface area contributed by atoms with Gasteiger partial charge in [0.2, 0.25) is 0 Å². The predicted octanol–water partition coefficient (Wildman–Crippen LogP) is 4.99. The van der Waals surface area contributed by atoms with Gasteiger partial charge in [-0.2, -0.15) is 11.3 Å². The van der Waals surface area contributed by atoms with Crippen LogP contribution in [-0.2, 0) is 0 Å². The van der Waals surface area contributed by atoms with Crippen molar-refractivity contribution >= 4 is 45.6 Å². The average Bonchev–Trinajstić information content (AvgIpc) is 3.50. The number of para-hydroxylation sites is 3. The zero-order valence-electron chi connectivity index (χ0n) is 16.7. The van der Waals surface area contributed by atoms with Crippen LogP contribution in [0.3, 0.4) is 0 Å². The molecule has 0 fully saturated rings. The number of fused-ring (bicyclic) bond motifs is 1. The summed E-state index contributed by atoms with van der Waals surface area (Å²) in [7, 11) is 0. The van der Waals surface area contributed by atoms with Crippen LogP contribution in [0.1, 0.15) is 20.7 Å². The second kappa shape index (κ2) is 8.44. The van der Waals surface area contributed by atoms with Crippen molar-refractivity contribution in [2.45, 2.75) is 0 Å². The van der Waals surface area contributed by atoms with E-state index in [0.717, 1.165) is 11.0 Å². The van der Waals surface area contributed by atoms with Crippen molar-refractivity contribution in [2.24, 2.45) is 0 Å². The topological polar surface area (TPSA) is 88.9 Å². The first kappa shape index (κ1) is 19.7. The summed E-state index contributed by atoms with van der Waals surface area (Å²) in [6.45, 7) is 0. The number of thiophene rings is 1. The van der Waals surface area contributed by atoms with Gasteiger partial charge in [0, 0.05) is 5.38 Å². The molecule has 5 rings (SSSR count). The fraction of sp³-hybridized carbons (Fsp3) is 0. The van der Waals surface area contributed by atoms with Gasteiger partial charge in [-0.05, 0) is 47.8 Å². The number of anilines is 2. The summed E-state index contributed by atoms with van der Waals surface area (Å²) in [6.07, 6.45) is 3.31. The van der Waals surface area contributed by atoms with Crippen LogP contribution in [-0.4, -0.2) is 26.3 Å². The number of carbonyl (C=O) groups is 2. The number of imidazole rings is 1. The van der Waals surface area contributed by atoms with E-state index in [9.17, 15) is 9.59 Å². The Labute approximate surface area is 187 Å². The van der Waals surface area contributed by atoms with Crippen molar-refractivity contribution in [2.75, 3.05) is 10.6 Å². The molecule has 0 unspecified atom stereocenters. The van der Waals surface area contributed by atoms with Crippen LogP contribution in [0.15, 0.2) is 90.0 Å². The van der Waals surface area contributed by atoms with Crippen molar-refractivity contribution in [3.8, 4) is 5.82 Å². The number of hydrogen-bond acceptors (Lipinski definition) is 5. The first-order valence-corrected chi connectivity index (χ1v) is 10.8. The molecule has 0 radical (unpaired) electrons. The standard InChI is InChI=1S/C24H17N5O2S/c30-23(16-11-12-32-14-16)28-19-6-2-1-5-18(19)24(31)27-17-9-10-22(25-13-17)29-15-26-20-7-3-4-8-21(20)29/h1-15H,(H,27,31)(H,28,30). The highest BCUT2D eigenvalue weighted by atomic mass is 32.1. The number of aromatic nitrogens is 3. The van der Waals surface area contributed by atoms with E-state index >= 15 is 0 Å². The van der Waals surface area contributed by atoms with Gasteiger partial charge >= 0.3 is 0 Å². The van der Waals surface area contributed by atoms with Gasteiger partial charge in [-0.15, -0.1) is 0 Å². The average molecular weight is 440 g/mol. The van der Waals surface area contributed by atoms with Crippen LogP contribution in [0.4, 0.5) is 11.4 Å². The minimum atomic E-state index is -0.339. The smallest absolute Gasteiger partial charge is 0.257 e. The summed E-state index contributed by atoms with van der Waals surface area (Å²) in [5, 5.41) is 9.23. The number of benzene rings is 2.